The van der Waals surface area contributed by atoms with Crippen LogP contribution in [0.2, 0.25) is 0 Å². The fourth-order valence-electron chi connectivity index (χ4n) is 3.44. The molecule has 0 unspecified atom stereocenters. The first-order chi connectivity index (χ1) is 15.3. The highest BCUT2D eigenvalue weighted by Crippen LogP contribution is 2.30. The maximum Gasteiger partial charge on any atom is 0.335 e. The van der Waals surface area contributed by atoms with E-state index in [9.17, 15) is 13.6 Å². The van der Waals surface area contributed by atoms with E-state index >= 15 is 0 Å². The van der Waals surface area contributed by atoms with Gasteiger partial charge in [0, 0.05) is 12.8 Å². The van der Waals surface area contributed by atoms with Crippen molar-refractivity contribution in [3.8, 4) is 0 Å². The molecule has 0 fully saturated rings. The van der Waals surface area contributed by atoms with Gasteiger partial charge in [-0.3, -0.25) is 0 Å². The lowest BCUT2D eigenvalue weighted by Gasteiger charge is -2.10. The van der Waals surface area contributed by atoms with Gasteiger partial charge in [0.1, 0.15) is 5.82 Å². The van der Waals surface area contributed by atoms with E-state index in [1.807, 2.05) is 49.4 Å². The maximum absolute atomic E-state index is 14.4. The van der Waals surface area contributed by atoms with Crippen molar-refractivity contribution in [2.24, 2.45) is 0 Å². The number of hydrogen-bond donors (Lipinski definition) is 1. The fourth-order valence-corrected chi connectivity index (χ4v) is 3.44. The smallest absolute Gasteiger partial charge is 0.335 e. The molecule has 2 aromatic carbocycles. The third kappa shape index (κ3) is 5.87. The van der Waals surface area contributed by atoms with Crippen molar-refractivity contribution >= 4 is 5.97 Å². The fraction of sp³-hybridized carbons (Fsp3) is 0.320. The molecule has 32 heavy (non-hydrogen) atoms. The zero-order valence-corrected chi connectivity index (χ0v) is 18.3. The molecular formula is C25H27F2N3O2. The summed E-state index contributed by atoms with van der Waals surface area (Å²) in [6.45, 7) is 3.93. The molecule has 3 rings (SSSR count). The third-order valence-electron chi connectivity index (χ3n) is 5.11. The van der Waals surface area contributed by atoms with E-state index in [0.29, 0.717) is 31.6 Å². The second-order valence-electron chi connectivity index (χ2n) is 7.74. The van der Waals surface area contributed by atoms with Crippen molar-refractivity contribution in [3.63, 3.8) is 0 Å². The number of carboxylic acid groups (broad SMARTS) is 1. The summed E-state index contributed by atoms with van der Waals surface area (Å²) in [5.74, 6) is -3.91. The molecule has 1 N–H and O–H groups in total. The van der Waals surface area contributed by atoms with E-state index in [-0.39, 0.29) is 12.0 Å². The molecule has 0 atom stereocenters. The predicted molar refractivity (Wildman–Crippen MR) is 119 cm³/mol. The van der Waals surface area contributed by atoms with E-state index in [0.717, 1.165) is 16.7 Å². The van der Waals surface area contributed by atoms with Gasteiger partial charge in [-0.25, -0.2) is 14.5 Å². The minimum Gasteiger partial charge on any atom is -0.478 e. The van der Waals surface area contributed by atoms with Crippen LogP contribution in [0.1, 0.15) is 65.4 Å². The second-order valence-corrected chi connectivity index (χ2v) is 7.74. The normalized spacial score (nSPS) is 11.9. The standard InChI is InChI=1S/C25H27F2N3O2/c1-3-5-9-22-28-24(25(26,27)14-4-2)29-30(22)17-19-12-10-18(11-13-19)15-20-7-6-8-21(16-20)23(31)32/h3,5-8,10-13,16H,4,9,14-15,17H2,1-2H3,(H,31,32). The van der Waals surface area contributed by atoms with Gasteiger partial charge < -0.3 is 5.11 Å². The number of carbonyl (C=O) groups is 1. The maximum atomic E-state index is 14.4. The molecule has 7 heteroatoms. The van der Waals surface area contributed by atoms with Crippen molar-refractivity contribution in [1.82, 2.24) is 14.8 Å². The van der Waals surface area contributed by atoms with Crippen molar-refractivity contribution in [2.75, 3.05) is 0 Å². The van der Waals surface area contributed by atoms with Crippen LogP contribution in [-0.4, -0.2) is 25.8 Å². The van der Waals surface area contributed by atoms with Crippen LogP contribution in [0.25, 0.3) is 0 Å². The average Bonchev–Trinajstić information content (AvgIpc) is 3.17. The summed E-state index contributed by atoms with van der Waals surface area (Å²) in [5, 5.41) is 13.3. The van der Waals surface area contributed by atoms with Crippen LogP contribution in [0.15, 0.2) is 60.7 Å². The van der Waals surface area contributed by atoms with Crippen LogP contribution in [-0.2, 0) is 25.3 Å². The Morgan fingerprint density at radius 3 is 2.50 bits per heavy atom. The van der Waals surface area contributed by atoms with E-state index in [2.05, 4.69) is 10.1 Å². The van der Waals surface area contributed by atoms with Gasteiger partial charge in [0.15, 0.2) is 0 Å². The molecular weight excluding hydrogens is 412 g/mol. The van der Waals surface area contributed by atoms with Crippen LogP contribution >= 0.6 is 0 Å². The summed E-state index contributed by atoms with van der Waals surface area (Å²) >= 11 is 0. The van der Waals surface area contributed by atoms with E-state index in [4.69, 9.17) is 5.11 Å². The summed E-state index contributed by atoms with van der Waals surface area (Å²) in [6.07, 6.45) is 4.84. The highest BCUT2D eigenvalue weighted by atomic mass is 19.3. The number of nitrogens with zero attached hydrogens (tertiary/aromatic N) is 3. The van der Waals surface area contributed by atoms with Crippen LogP contribution in [0.5, 0.6) is 0 Å². The molecule has 0 aliphatic heterocycles. The number of aromatic nitrogens is 3. The van der Waals surface area contributed by atoms with E-state index in [1.165, 1.54) is 0 Å². The number of hydrogen-bond acceptors (Lipinski definition) is 3. The summed E-state index contributed by atoms with van der Waals surface area (Å²) in [7, 11) is 0. The van der Waals surface area contributed by atoms with E-state index < -0.39 is 17.7 Å². The quantitative estimate of drug-likeness (QED) is 0.416. The number of rotatable bonds is 10. The number of carboxylic acids is 1. The van der Waals surface area contributed by atoms with Crippen molar-refractivity contribution in [3.05, 3.63) is 94.6 Å². The predicted octanol–water partition coefficient (Wildman–Crippen LogP) is 5.63. The first-order valence-electron chi connectivity index (χ1n) is 10.7. The first kappa shape index (κ1) is 23.3. The van der Waals surface area contributed by atoms with Gasteiger partial charge in [-0.1, -0.05) is 55.5 Å². The molecule has 1 heterocycles. The Bertz CT molecular complexity index is 1090. The number of benzene rings is 2. The van der Waals surface area contributed by atoms with Crippen LogP contribution in [0, 0.1) is 0 Å². The average molecular weight is 440 g/mol. The molecule has 0 bridgehead atoms. The molecule has 0 saturated carbocycles. The number of halogens is 2. The Balaban J connectivity index is 1.77. The number of alkyl halides is 2. The molecule has 0 amide bonds. The Kier molecular flexibility index (Phi) is 7.51. The summed E-state index contributed by atoms with van der Waals surface area (Å²) in [5.41, 5.74) is 3.12. The number of allylic oxidation sites excluding steroid dienone is 2. The van der Waals surface area contributed by atoms with Gasteiger partial charge in [-0.05, 0) is 48.6 Å². The van der Waals surface area contributed by atoms with Crippen molar-refractivity contribution in [1.29, 1.82) is 0 Å². The van der Waals surface area contributed by atoms with Crippen LogP contribution in [0.3, 0.4) is 0 Å². The third-order valence-corrected chi connectivity index (χ3v) is 5.11. The van der Waals surface area contributed by atoms with Crippen LogP contribution < -0.4 is 0 Å². The van der Waals surface area contributed by atoms with Gasteiger partial charge in [0.05, 0.1) is 12.1 Å². The molecule has 0 radical (unpaired) electrons. The van der Waals surface area contributed by atoms with E-state index in [1.54, 1.807) is 29.8 Å². The lowest BCUT2D eigenvalue weighted by molar-refractivity contribution is -0.0232. The SMILES string of the molecule is CC=CCc1nc(C(F)(F)CCC)nn1Cc1ccc(Cc2cccc(C(=O)O)c2)cc1. The zero-order chi connectivity index (χ0) is 23.1. The minimum absolute atomic E-state index is 0.259. The lowest BCUT2D eigenvalue weighted by Crippen LogP contribution is -2.15. The molecule has 3 aromatic rings. The molecule has 0 saturated heterocycles. The van der Waals surface area contributed by atoms with Gasteiger partial charge in [-0.2, -0.15) is 8.78 Å². The van der Waals surface area contributed by atoms with Crippen LogP contribution in [0.4, 0.5) is 8.78 Å². The summed E-state index contributed by atoms with van der Waals surface area (Å²) in [6, 6.07) is 14.6. The Labute approximate surface area is 186 Å². The van der Waals surface area contributed by atoms with Crippen molar-refractivity contribution < 1.29 is 18.7 Å². The Morgan fingerprint density at radius 1 is 1.12 bits per heavy atom. The summed E-state index contributed by atoms with van der Waals surface area (Å²) in [4.78, 5) is 15.3. The van der Waals surface area contributed by atoms with Gasteiger partial charge in [-0.15, -0.1) is 5.10 Å². The highest BCUT2D eigenvalue weighted by molar-refractivity contribution is 5.87. The monoisotopic (exact) mass is 439 g/mol. The molecule has 5 nitrogen and oxygen atoms in total. The van der Waals surface area contributed by atoms with Crippen molar-refractivity contribution in [2.45, 2.75) is 52.0 Å². The topological polar surface area (TPSA) is 68.0 Å². The number of aromatic carboxylic acids is 1. The lowest BCUT2D eigenvalue weighted by atomic mass is 10.0. The molecule has 1 aromatic heterocycles. The largest absolute Gasteiger partial charge is 0.478 e. The second kappa shape index (κ2) is 10.3. The van der Waals surface area contributed by atoms with Gasteiger partial charge in [0.25, 0.3) is 0 Å². The highest BCUT2D eigenvalue weighted by Gasteiger charge is 2.36. The Morgan fingerprint density at radius 2 is 1.84 bits per heavy atom. The molecule has 0 aliphatic carbocycles. The molecule has 0 aliphatic rings. The Hall–Kier alpha value is -3.35. The first-order valence-corrected chi connectivity index (χ1v) is 10.7. The zero-order valence-electron chi connectivity index (χ0n) is 18.3. The van der Waals surface area contributed by atoms with Gasteiger partial charge >= 0.3 is 11.9 Å². The molecule has 168 valence electrons. The van der Waals surface area contributed by atoms with Gasteiger partial charge in [0.2, 0.25) is 5.82 Å². The molecule has 0 spiro atoms. The minimum atomic E-state index is -3.04. The summed E-state index contributed by atoms with van der Waals surface area (Å²) < 4.78 is 30.3.